The van der Waals surface area contributed by atoms with E-state index < -0.39 is 5.76 Å². The second kappa shape index (κ2) is 5.92. The minimum atomic E-state index is -0.509. The van der Waals surface area contributed by atoms with Crippen LogP contribution in [0.25, 0.3) is 10.7 Å². The highest BCUT2D eigenvalue weighted by molar-refractivity contribution is 7.18. The fourth-order valence-electron chi connectivity index (χ4n) is 2.70. The summed E-state index contributed by atoms with van der Waals surface area (Å²) in [6.45, 7) is 1.62. The molecule has 1 aliphatic heterocycles. The van der Waals surface area contributed by atoms with Gasteiger partial charge < -0.3 is 9.32 Å². The Hall–Kier alpha value is -2.55. The van der Waals surface area contributed by atoms with Gasteiger partial charge in [-0.1, -0.05) is 17.4 Å². The van der Waals surface area contributed by atoms with Gasteiger partial charge in [0.2, 0.25) is 11.0 Å². The van der Waals surface area contributed by atoms with E-state index in [2.05, 4.69) is 30.3 Å². The minimum Gasteiger partial charge on any atom is -0.392 e. The van der Waals surface area contributed by atoms with Crippen molar-refractivity contribution in [2.24, 2.45) is 0 Å². The summed E-state index contributed by atoms with van der Waals surface area (Å²) in [5, 5.41) is 16.4. The maximum atomic E-state index is 11.1. The lowest BCUT2D eigenvalue weighted by molar-refractivity contribution is 0.385. The molecule has 0 saturated carbocycles. The molecule has 0 aromatic carbocycles. The number of nitrogens with one attached hydrogen (secondary N) is 1. The van der Waals surface area contributed by atoms with E-state index in [1.165, 1.54) is 11.3 Å². The molecule has 1 fully saturated rings. The molecule has 1 saturated heterocycles. The number of nitrogens with zero attached hydrogens (tertiary/aromatic N) is 5. The number of aromatic amines is 1. The van der Waals surface area contributed by atoms with Crippen molar-refractivity contribution in [3.63, 3.8) is 0 Å². The molecule has 23 heavy (non-hydrogen) atoms. The van der Waals surface area contributed by atoms with Crippen molar-refractivity contribution in [3.8, 4) is 10.7 Å². The van der Waals surface area contributed by atoms with E-state index in [4.69, 9.17) is 4.42 Å². The quantitative estimate of drug-likeness (QED) is 0.779. The van der Waals surface area contributed by atoms with Crippen molar-refractivity contribution in [1.29, 1.82) is 0 Å². The van der Waals surface area contributed by atoms with Crippen LogP contribution in [0.4, 0.5) is 5.13 Å². The number of anilines is 1. The van der Waals surface area contributed by atoms with Crippen LogP contribution in [0.1, 0.15) is 24.7 Å². The van der Waals surface area contributed by atoms with Crippen LogP contribution in [-0.2, 0) is 0 Å². The topological polar surface area (TPSA) is 101 Å². The lowest BCUT2D eigenvalue weighted by Gasteiger charge is -2.30. The Kier molecular flexibility index (Phi) is 3.62. The Bertz CT molecular complexity index is 842. The predicted molar refractivity (Wildman–Crippen MR) is 84.5 cm³/mol. The zero-order valence-electron chi connectivity index (χ0n) is 12.2. The third kappa shape index (κ3) is 2.87. The number of H-pyrrole nitrogens is 1. The molecular weight excluding hydrogens is 316 g/mol. The van der Waals surface area contributed by atoms with Crippen molar-refractivity contribution in [2.45, 2.75) is 18.8 Å². The summed E-state index contributed by atoms with van der Waals surface area (Å²) < 4.78 is 5.09. The van der Waals surface area contributed by atoms with Crippen molar-refractivity contribution < 1.29 is 4.42 Å². The van der Waals surface area contributed by atoms with E-state index in [0.29, 0.717) is 12.4 Å². The van der Waals surface area contributed by atoms with Crippen LogP contribution in [0, 0.1) is 0 Å². The highest BCUT2D eigenvalue weighted by atomic mass is 32.1. The van der Waals surface area contributed by atoms with Gasteiger partial charge in [0.25, 0.3) is 0 Å². The van der Waals surface area contributed by atoms with Crippen LogP contribution in [0.15, 0.2) is 33.6 Å². The van der Waals surface area contributed by atoms with Gasteiger partial charge in [-0.05, 0) is 25.0 Å². The lowest BCUT2D eigenvalue weighted by atomic mass is 9.98. The van der Waals surface area contributed by atoms with Crippen LogP contribution in [0.5, 0.6) is 0 Å². The van der Waals surface area contributed by atoms with Crippen molar-refractivity contribution in [3.05, 3.63) is 40.8 Å². The van der Waals surface area contributed by atoms with Gasteiger partial charge in [-0.15, -0.1) is 15.3 Å². The summed E-state index contributed by atoms with van der Waals surface area (Å²) in [5.74, 6) is 0.0459. The highest BCUT2D eigenvalue weighted by Gasteiger charge is 2.27. The Morgan fingerprint density at radius 2 is 2.30 bits per heavy atom. The molecule has 8 nitrogen and oxygen atoms in total. The van der Waals surface area contributed by atoms with Crippen LogP contribution in [0.2, 0.25) is 0 Å². The van der Waals surface area contributed by atoms with Gasteiger partial charge in [0, 0.05) is 19.3 Å². The van der Waals surface area contributed by atoms with Crippen molar-refractivity contribution in [1.82, 2.24) is 25.4 Å². The average molecular weight is 330 g/mol. The lowest BCUT2D eigenvalue weighted by Crippen LogP contribution is -2.34. The number of pyridine rings is 1. The summed E-state index contributed by atoms with van der Waals surface area (Å²) in [6.07, 6.45) is 3.67. The minimum absolute atomic E-state index is 0.0879. The molecule has 0 spiro atoms. The molecule has 1 aliphatic rings. The zero-order valence-corrected chi connectivity index (χ0v) is 13.0. The van der Waals surface area contributed by atoms with E-state index in [1.807, 2.05) is 18.2 Å². The molecule has 3 aromatic rings. The molecule has 3 aromatic heterocycles. The molecule has 1 unspecified atom stereocenters. The molecule has 4 heterocycles. The first-order valence-corrected chi connectivity index (χ1v) is 8.16. The summed E-state index contributed by atoms with van der Waals surface area (Å²) in [4.78, 5) is 17.6. The van der Waals surface area contributed by atoms with E-state index in [9.17, 15) is 4.79 Å². The molecule has 0 aliphatic carbocycles. The second-order valence-electron chi connectivity index (χ2n) is 5.34. The zero-order chi connectivity index (χ0) is 15.6. The summed E-state index contributed by atoms with van der Waals surface area (Å²) in [6, 6.07) is 5.72. The van der Waals surface area contributed by atoms with E-state index >= 15 is 0 Å². The molecule has 118 valence electrons. The van der Waals surface area contributed by atoms with Gasteiger partial charge in [0.05, 0.1) is 5.92 Å². The summed E-state index contributed by atoms with van der Waals surface area (Å²) in [5.41, 5.74) is 0.822. The fourth-order valence-corrected chi connectivity index (χ4v) is 3.56. The maximum Gasteiger partial charge on any atom is 0.434 e. The maximum absolute atomic E-state index is 11.1. The second-order valence-corrected chi connectivity index (χ2v) is 6.30. The van der Waals surface area contributed by atoms with Gasteiger partial charge in [-0.3, -0.25) is 4.98 Å². The van der Waals surface area contributed by atoms with Crippen molar-refractivity contribution >= 4 is 16.5 Å². The summed E-state index contributed by atoms with van der Waals surface area (Å²) >= 11 is 1.52. The third-order valence-corrected chi connectivity index (χ3v) is 4.80. The molecule has 0 bridgehead atoms. The van der Waals surface area contributed by atoms with Gasteiger partial charge in [0.1, 0.15) is 5.69 Å². The molecule has 4 rings (SSSR count). The predicted octanol–water partition coefficient (Wildman–Crippen LogP) is 1.66. The SMILES string of the molecule is O=c1[nH]nc(C2CCCN(c3nnc(-c4ccccn4)s3)C2)o1. The average Bonchev–Trinajstić information content (AvgIpc) is 3.25. The van der Waals surface area contributed by atoms with E-state index in [0.717, 1.165) is 35.2 Å². The number of piperidine rings is 1. The third-order valence-electron chi connectivity index (χ3n) is 3.79. The van der Waals surface area contributed by atoms with E-state index in [-0.39, 0.29) is 5.92 Å². The molecule has 1 N–H and O–H groups in total. The van der Waals surface area contributed by atoms with Crippen LogP contribution < -0.4 is 10.7 Å². The number of rotatable bonds is 3. The van der Waals surface area contributed by atoms with Gasteiger partial charge in [-0.25, -0.2) is 9.89 Å². The molecule has 0 amide bonds. The Morgan fingerprint density at radius 3 is 3.09 bits per heavy atom. The normalized spacial score (nSPS) is 18.3. The Morgan fingerprint density at radius 1 is 1.35 bits per heavy atom. The first-order chi connectivity index (χ1) is 11.3. The Labute approximate surface area is 135 Å². The largest absolute Gasteiger partial charge is 0.434 e. The number of aromatic nitrogens is 5. The summed E-state index contributed by atoms with van der Waals surface area (Å²) in [7, 11) is 0. The van der Waals surface area contributed by atoms with Crippen LogP contribution in [0.3, 0.4) is 0 Å². The molecule has 9 heteroatoms. The number of hydrogen-bond donors (Lipinski definition) is 1. The molecular formula is C14H14N6O2S. The monoisotopic (exact) mass is 330 g/mol. The van der Waals surface area contributed by atoms with Gasteiger partial charge in [-0.2, -0.15) is 0 Å². The first-order valence-electron chi connectivity index (χ1n) is 7.35. The fraction of sp³-hybridized carbons (Fsp3) is 0.357. The van der Waals surface area contributed by atoms with Crippen LogP contribution >= 0.6 is 11.3 Å². The molecule has 0 radical (unpaired) electrons. The standard InChI is InChI=1S/C14H14N6O2S/c21-14-19-16-11(22-14)9-4-3-7-20(8-9)13-18-17-12(23-13)10-5-1-2-6-15-10/h1-2,5-6,9H,3-4,7-8H2,(H,19,21). The molecule has 1 atom stereocenters. The first kappa shape index (κ1) is 14.1. The van der Waals surface area contributed by atoms with Gasteiger partial charge >= 0.3 is 5.76 Å². The van der Waals surface area contributed by atoms with Gasteiger partial charge in [0.15, 0.2) is 5.01 Å². The highest BCUT2D eigenvalue weighted by Crippen LogP contribution is 2.32. The smallest absolute Gasteiger partial charge is 0.392 e. The Balaban J connectivity index is 1.54. The number of hydrogen-bond acceptors (Lipinski definition) is 8. The van der Waals surface area contributed by atoms with E-state index in [1.54, 1.807) is 6.20 Å². The van der Waals surface area contributed by atoms with Crippen molar-refractivity contribution in [2.75, 3.05) is 18.0 Å². The van der Waals surface area contributed by atoms with Crippen LogP contribution in [-0.4, -0.2) is 38.5 Å².